The van der Waals surface area contributed by atoms with Crippen LogP contribution in [0.4, 0.5) is 4.39 Å². The predicted molar refractivity (Wildman–Crippen MR) is 119 cm³/mol. The Hall–Kier alpha value is -4.17. The number of pyridine rings is 2. The molecule has 0 unspecified atom stereocenters. The zero-order chi connectivity index (χ0) is 23.4. The van der Waals surface area contributed by atoms with Gasteiger partial charge in [-0.3, -0.25) is 4.79 Å². The topological polar surface area (TPSA) is 97.1 Å². The SMILES string of the molecule is CC[C@@H]1[C@H](F)C(=O)N[C@@H]1COc1ncc(C#Cc2ccccn2)c2cc(C#N)c(OC)cc12. The number of hydrogen-bond acceptors (Lipinski definition) is 6. The van der Waals surface area contributed by atoms with Crippen molar-refractivity contribution in [2.24, 2.45) is 5.92 Å². The van der Waals surface area contributed by atoms with Gasteiger partial charge < -0.3 is 14.8 Å². The highest BCUT2D eigenvalue weighted by atomic mass is 19.1. The zero-order valence-electron chi connectivity index (χ0n) is 18.1. The molecule has 1 aliphatic rings. The lowest BCUT2D eigenvalue weighted by Crippen LogP contribution is -2.34. The molecule has 33 heavy (non-hydrogen) atoms. The van der Waals surface area contributed by atoms with E-state index in [9.17, 15) is 14.4 Å². The normalized spacial score (nSPS) is 19.3. The maximum atomic E-state index is 14.1. The number of benzene rings is 1. The number of halogens is 1. The summed E-state index contributed by atoms with van der Waals surface area (Å²) in [7, 11) is 1.47. The first-order valence-electron chi connectivity index (χ1n) is 10.5. The van der Waals surface area contributed by atoms with Crippen LogP contribution >= 0.6 is 0 Å². The Balaban J connectivity index is 1.73. The third kappa shape index (κ3) is 4.42. The van der Waals surface area contributed by atoms with Gasteiger partial charge in [-0.1, -0.05) is 18.9 Å². The second-order valence-electron chi connectivity index (χ2n) is 7.55. The number of nitrogens with one attached hydrogen (secondary N) is 1. The number of ether oxygens (including phenoxy) is 2. The lowest BCUT2D eigenvalue weighted by Gasteiger charge is -2.19. The predicted octanol–water partition coefficient (Wildman–Crippen LogP) is 3.15. The van der Waals surface area contributed by atoms with E-state index in [1.54, 1.807) is 36.7 Å². The third-order valence-electron chi connectivity index (χ3n) is 5.62. The Bertz CT molecular complexity index is 1290. The number of amides is 1. The molecule has 166 valence electrons. The minimum atomic E-state index is -1.55. The minimum Gasteiger partial charge on any atom is -0.495 e. The van der Waals surface area contributed by atoms with Gasteiger partial charge >= 0.3 is 0 Å². The van der Waals surface area contributed by atoms with Crippen molar-refractivity contribution in [3.63, 3.8) is 0 Å². The summed E-state index contributed by atoms with van der Waals surface area (Å²) >= 11 is 0. The van der Waals surface area contributed by atoms with Crippen molar-refractivity contribution in [2.45, 2.75) is 25.6 Å². The van der Waals surface area contributed by atoms with Gasteiger partial charge in [0.25, 0.3) is 5.91 Å². The number of hydrogen-bond donors (Lipinski definition) is 1. The van der Waals surface area contributed by atoms with E-state index in [1.165, 1.54) is 7.11 Å². The highest BCUT2D eigenvalue weighted by Crippen LogP contribution is 2.33. The smallest absolute Gasteiger partial charge is 0.255 e. The quantitative estimate of drug-likeness (QED) is 0.608. The summed E-state index contributed by atoms with van der Waals surface area (Å²) in [6.07, 6.45) is 2.17. The zero-order valence-corrected chi connectivity index (χ0v) is 18.1. The molecular formula is C25H21FN4O3. The van der Waals surface area contributed by atoms with E-state index in [2.05, 4.69) is 33.2 Å². The highest BCUT2D eigenvalue weighted by molar-refractivity contribution is 5.94. The highest BCUT2D eigenvalue weighted by Gasteiger charge is 2.41. The van der Waals surface area contributed by atoms with Gasteiger partial charge in [-0.25, -0.2) is 14.4 Å². The molecule has 1 aliphatic heterocycles. The van der Waals surface area contributed by atoms with Gasteiger partial charge in [-0.15, -0.1) is 0 Å². The van der Waals surface area contributed by atoms with Crippen molar-refractivity contribution in [3.05, 3.63) is 59.5 Å². The van der Waals surface area contributed by atoms with Gasteiger partial charge in [0.05, 0.1) is 24.3 Å². The fourth-order valence-electron chi connectivity index (χ4n) is 3.87. The standard InChI is InChI=1S/C25H21FN4O3/c1-3-18-21(30-24(31)23(18)26)14-33-25-20-11-22(32-2)16(12-27)10-19(20)15(13-29-25)7-8-17-6-4-5-9-28-17/h4-6,9-11,13,18,21,23H,3,14H2,1-2H3,(H,30,31)/t18-,21+,23-/m0/s1. The summed E-state index contributed by atoms with van der Waals surface area (Å²) in [5, 5.41) is 13.4. The first kappa shape index (κ1) is 22.0. The van der Waals surface area contributed by atoms with E-state index >= 15 is 0 Å². The molecule has 3 aromatic rings. The Labute approximate surface area is 190 Å². The molecule has 1 N–H and O–H groups in total. The number of carbonyl (C=O) groups excluding carboxylic acids is 1. The average molecular weight is 444 g/mol. The van der Waals surface area contributed by atoms with E-state index < -0.39 is 24.0 Å². The molecule has 0 aliphatic carbocycles. The molecule has 4 rings (SSSR count). The maximum absolute atomic E-state index is 14.1. The van der Waals surface area contributed by atoms with Crippen molar-refractivity contribution in [1.82, 2.24) is 15.3 Å². The molecular weight excluding hydrogens is 423 g/mol. The molecule has 1 saturated heterocycles. The van der Waals surface area contributed by atoms with Crippen LogP contribution in [-0.4, -0.2) is 41.8 Å². The summed E-state index contributed by atoms with van der Waals surface area (Å²) in [6.45, 7) is 1.90. The first-order chi connectivity index (χ1) is 16.0. The van der Waals surface area contributed by atoms with Crippen molar-refractivity contribution in [1.29, 1.82) is 5.26 Å². The van der Waals surface area contributed by atoms with Crippen molar-refractivity contribution in [3.8, 4) is 29.5 Å². The van der Waals surface area contributed by atoms with Crippen LogP contribution in [0.25, 0.3) is 10.8 Å². The number of alkyl halides is 1. The van der Waals surface area contributed by atoms with Crippen LogP contribution < -0.4 is 14.8 Å². The van der Waals surface area contributed by atoms with E-state index in [4.69, 9.17) is 9.47 Å². The molecule has 1 amide bonds. The molecule has 1 fully saturated rings. The number of rotatable bonds is 5. The molecule has 0 spiro atoms. The van der Waals surface area contributed by atoms with Crippen LogP contribution in [0, 0.1) is 29.1 Å². The van der Waals surface area contributed by atoms with Crippen LogP contribution in [0.5, 0.6) is 11.6 Å². The Morgan fingerprint density at radius 1 is 1.18 bits per heavy atom. The molecule has 3 heterocycles. The van der Waals surface area contributed by atoms with E-state index in [0.29, 0.717) is 39.8 Å². The summed E-state index contributed by atoms with van der Waals surface area (Å²) in [5.41, 5.74) is 1.53. The number of nitriles is 1. The molecule has 7 nitrogen and oxygen atoms in total. The average Bonchev–Trinajstić information content (AvgIpc) is 3.13. The first-order valence-corrected chi connectivity index (χ1v) is 10.5. The number of carbonyl (C=O) groups is 1. The van der Waals surface area contributed by atoms with Crippen LogP contribution in [0.2, 0.25) is 0 Å². The molecule has 3 atom stereocenters. The number of methoxy groups -OCH3 is 1. The van der Waals surface area contributed by atoms with E-state index in [1.807, 2.05) is 13.0 Å². The Morgan fingerprint density at radius 2 is 2.03 bits per heavy atom. The Kier molecular flexibility index (Phi) is 6.37. The van der Waals surface area contributed by atoms with Crippen molar-refractivity contribution in [2.75, 3.05) is 13.7 Å². The molecule has 0 radical (unpaired) electrons. The van der Waals surface area contributed by atoms with Gasteiger partial charge in [0.1, 0.15) is 24.1 Å². The third-order valence-corrected chi connectivity index (χ3v) is 5.62. The van der Waals surface area contributed by atoms with E-state index in [-0.39, 0.29) is 12.5 Å². The number of aromatic nitrogens is 2. The number of nitrogens with zero attached hydrogens (tertiary/aromatic N) is 3. The monoisotopic (exact) mass is 444 g/mol. The van der Waals surface area contributed by atoms with Crippen molar-refractivity contribution < 1.29 is 18.7 Å². The lowest BCUT2D eigenvalue weighted by atomic mass is 9.97. The van der Waals surface area contributed by atoms with Crippen LogP contribution in [-0.2, 0) is 4.79 Å². The fraction of sp³-hybridized carbons (Fsp3) is 0.280. The second-order valence-corrected chi connectivity index (χ2v) is 7.55. The molecule has 1 aromatic carbocycles. The van der Waals surface area contributed by atoms with Crippen molar-refractivity contribution >= 4 is 16.7 Å². The minimum absolute atomic E-state index is 0.0635. The largest absolute Gasteiger partial charge is 0.495 e. The van der Waals surface area contributed by atoms with Crippen LogP contribution in [0.3, 0.4) is 0 Å². The van der Waals surface area contributed by atoms with Gasteiger partial charge in [0.15, 0.2) is 6.17 Å². The summed E-state index contributed by atoms with van der Waals surface area (Å²) in [4.78, 5) is 20.3. The van der Waals surface area contributed by atoms with Gasteiger partial charge in [-0.05, 0) is 36.6 Å². The van der Waals surface area contributed by atoms with Crippen LogP contribution in [0.1, 0.15) is 30.2 Å². The summed E-state index contributed by atoms with van der Waals surface area (Å²) < 4.78 is 25.4. The van der Waals surface area contributed by atoms with Gasteiger partial charge in [0.2, 0.25) is 5.88 Å². The molecule has 2 aromatic heterocycles. The second kappa shape index (κ2) is 9.54. The van der Waals surface area contributed by atoms with Gasteiger partial charge in [-0.2, -0.15) is 5.26 Å². The molecule has 0 bridgehead atoms. The Morgan fingerprint density at radius 3 is 2.73 bits per heavy atom. The summed E-state index contributed by atoms with van der Waals surface area (Å²) in [5.74, 6) is 5.62. The molecule has 8 heteroatoms. The van der Waals surface area contributed by atoms with E-state index in [0.717, 1.165) is 0 Å². The summed E-state index contributed by atoms with van der Waals surface area (Å²) in [6, 6.07) is 10.5. The number of fused-ring (bicyclic) bond motifs is 1. The van der Waals surface area contributed by atoms with Crippen LogP contribution in [0.15, 0.2) is 42.7 Å². The molecule has 0 saturated carbocycles. The maximum Gasteiger partial charge on any atom is 0.255 e. The van der Waals surface area contributed by atoms with Gasteiger partial charge in [0, 0.05) is 29.1 Å². The lowest BCUT2D eigenvalue weighted by molar-refractivity contribution is -0.123. The fourth-order valence-corrected chi connectivity index (χ4v) is 3.87.